The lowest BCUT2D eigenvalue weighted by molar-refractivity contribution is -0.141. The Morgan fingerprint density at radius 1 is 1.09 bits per heavy atom. The Labute approximate surface area is 265 Å². The van der Waals surface area contributed by atoms with Gasteiger partial charge in [0.2, 0.25) is 17.7 Å². The first-order chi connectivity index (χ1) is 21.2. The van der Waals surface area contributed by atoms with Crippen LogP contribution in [0.4, 0.5) is 5.69 Å². The molecule has 2 aromatic rings. The number of nitrogens with zero attached hydrogens (tertiary/aromatic N) is 2. The molecule has 6 rings (SSSR count). The van der Waals surface area contributed by atoms with Crippen LogP contribution < -0.4 is 10.6 Å². The molecule has 3 amide bonds. The quantitative estimate of drug-likeness (QED) is 0.370. The molecule has 2 N–H and O–H groups in total. The van der Waals surface area contributed by atoms with Crippen molar-refractivity contribution in [3.05, 3.63) is 77.3 Å². The molecule has 0 aromatic heterocycles. The molecule has 1 saturated carbocycles. The molecule has 0 radical (unpaired) electrons. The van der Waals surface area contributed by atoms with Gasteiger partial charge in [0.15, 0.2) is 0 Å². The van der Waals surface area contributed by atoms with Gasteiger partial charge in [-0.25, -0.2) is 0 Å². The average Bonchev–Trinajstić information content (AvgIpc) is 3.63. The maximum absolute atomic E-state index is 14.3. The second kappa shape index (κ2) is 12.7. The molecule has 44 heavy (non-hydrogen) atoms. The summed E-state index contributed by atoms with van der Waals surface area (Å²) in [5.74, 6) is -1.37. The van der Waals surface area contributed by atoms with E-state index in [4.69, 9.17) is 16.3 Å². The largest absolute Gasteiger partial charge is 0.359 e. The van der Waals surface area contributed by atoms with Crippen molar-refractivity contribution < 1.29 is 19.1 Å². The zero-order chi connectivity index (χ0) is 31.0. The number of amides is 3. The van der Waals surface area contributed by atoms with Gasteiger partial charge in [-0.1, -0.05) is 86.8 Å². The Balaban J connectivity index is 1.23. The van der Waals surface area contributed by atoms with Crippen LogP contribution in [0.2, 0.25) is 5.02 Å². The Kier molecular flexibility index (Phi) is 8.86. The molecule has 8 atom stereocenters. The van der Waals surface area contributed by atoms with Gasteiger partial charge in [-0.15, -0.1) is 0 Å². The molecular weight excluding hydrogens is 576 g/mol. The van der Waals surface area contributed by atoms with E-state index in [1.807, 2.05) is 30.4 Å². The lowest BCUT2D eigenvalue weighted by atomic mass is 9.73. The zero-order valence-corrected chi connectivity index (χ0v) is 26.5. The van der Waals surface area contributed by atoms with E-state index in [-0.39, 0.29) is 23.8 Å². The Bertz CT molecular complexity index is 1420. The van der Waals surface area contributed by atoms with Gasteiger partial charge in [0.25, 0.3) is 0 Å². The molecule has 2 aromatic carbocycles. The molecule has 2 saturated heterocycles. The zero-order valence-electron chi connectivity index (χ0n) is 25.7. The summed E-state index contributed by atoms with van der Waals surface area (Å²) in [6, 6.07) is 16.4. The number of hydrogen-bond donors (Lipinski definition) is 2. The topological polar surface area (TPSA) is 91.0 Å². The number of carbonyl (C=O) groups is 3. The molecule has 1 aliphatic carbocycles. The maximum Gasteiger partial charge on any atom is 0.246 e. The van der Waals surface area contributed by atoms with Crippen molar-refractivity contribution in [2.45, 2.75) is 69.9 Å². The minimum Gasteiger partial charge on any atom is -0.359 e. The second-order valence-electron chi connectivity index (χ2n) is 13.2. The van der Waals surface area contributed by atoms with Gasteiger partial charge in [0.05, 0.1) is 17.9 Å². The third-order valence-electron chi connectivity index (χ3n) is 10.3. The van der Waals surface area contributed by atoms with Crippen molar-refractivity contribution in [1.82, 2.24) is 15.1 Å². The van der Waals surface area contributed by atoms with Crippen molar-refractivity contribution in [1.29, 1.82) is 0 Å². The first kappa shape index (κ1) is 30.8. The summed E-state index contributed by atoms with van der Waals surface area (Å²) in [5.41, 5.74) is 0.598. The summed E-state index contributed by atoms with van der Waals surface area (Å²) >= 11 is 6.15. The smallest absolute Gasteiger partial charge is 0.246 e. The van der Waals surface area contributed by atoms with Gasteiger partial charge in [-0.05, 0) is 62.0 Å². The molecule has 6 unspecified atom stereocenters. The number of benzene rings is 2. The van der Waals surface area contributed by atoms with E-state index in [0.717, 1.165) is 32.4 Å². The fourth-order valence-electron chi connectivity index (χ4n) is 7.83. The third kappa shape index (κ3) is 5.80. The van der Waals surface area contributed by atoms with E-state index in [0.29, 0.717) is 35.5 Å². The van der Waals surface area contributed by atoms with Crippen molar-refractivity contribution >= 4 is 35.0 Å². The number of anilines is 1. The number of carbonyl (C=O) groups excluding carboxylic acids is 3. The fourth-order valence-corrected chi connectivity index (χ4v) is 8.02. The molecule has 3 aliphatic heterocycles. The highest BCUT2D eigenvalue weighted by molar-refractivity contribution is 6.30. The number of ether oxygens (including phenoxy) is 1. The average molecular weight is 619 g/mol. The summed E-state index contributed by atoms with van der Waals surface area (Å²) in [5, 5.41) is 6.78. The van der Waals surface area contributed by atoms with Gasteiger partial charge < -0.3 is 25.2 Å². The summed E-state index contributed by atoms with van der Waals surface area (Å²) in [6.07, 6.45) is 6.98. The van der Waals surface area contributed by atoms with Gasteiger partial charge in [0, 0.05) is 29.8 Å². The van der Waals surface area contributed by atoms with E-state index < -0.39 is 29.6 Å². The third-order valence-corrected chi connectivity index (χ3v) is 10.5. The molecule has 9 heteroatoms. The minimum absolute atomic E-state index is 0.0418. The normalized spacial score (nSPS) is 32.2. The number of nitrogens with one attached hydrogen (secondary N) is 2. The molecule has 4 aliphatic rings. The van der Waals surface area contributed by atoms with Gasteiger partial charge >= 0.3 is 0 Å². The van der Waals surface area contributed by atoms with Crippen LogP contribution in [0, 0.1) is 23.7 Å². The van der Waals surface area contributed by atoms with Crippen LogP contribution in [-0.4, -0.2) is 71.4 Å². The first-order valence-electron chi connectivity index (χ1n) is 15.9. The predicted molar refractivity (Wildman–Crippen MR) is 171 cm³/mol. The van der Waals surface area contributed by atoms with Gasteiger partial charge in [-0.2, -0.15) is 0 Å². The van der Waals surface area contributed by atoms with E-state index in [9.17, 15) is 14.4 Å². The second-order valence-corrected chi connectivity index (χ2v) is 13.6. The summed E-state index contributed by atoms with van der Waals surface area (Å²) in [4.78, 5) is 46.2. The van der Waals surface area contributed by atoms with Crippen LogP contribution in [0.25, 0.3) is 0 Å². The minimum atomic E-state index is -1.18. The molecule has 1 spiro atoms. The molecule has 234 valence electrons. The Morgan fingerprint density at radius 3 is 2.66 bits per heavy atom. The summed E-state index contributed by atoms with van der Waals surface area (Å²) in [6.45, 7) is 6.38. The van der Waals surface area contributed by atoms with Crippen LogP contribution >= 0.6 is 11.6 Å². The van der Waals surface area contributed by atoms with E-state index >= 15 is 0 Å². The summed E-state index contributed by atoms with van der Waals surface area (Å²) in [7, 11) is 2.06. The number of rotatable bonds is 10. The molecular formula is C35H43ClN4O4. The van der Waals surface area contributed by atoms with Crippen molar-refractivity contribution in [2.24, 2.45) is 23.7 Å². The molecule has 2 bridgehead atoms. The predicted octanol–water partition coefficient (Wildman–Crippen LogP) is 4.89. The molecule has 3 fully saturated rings. The maximum atomic E-state index is 14.3. The van der Waals surface area contributed by atoms with Gasteiger partial charge in [0.1, 0.15) is 11.6 Å². The number of likely N-dealkylation sites (tertiary alicyclic amines) is 1. The number of hydrogen-bond acceptors (Lipinski definition) is 5. The highest BCUT2D eigenvalue weighted by Crippen LogP contribution is 2.55. The van der Waals surface area contributed by atoms with Crippen molar-refractivity contribution in [3.63, 3.8) is 0 Å². The van der Waals surface area contributed by atoms with E-state index in [2.05, 4.69) is 48.6 Å². The lowest BCUT2D eigenvalue weighted by Crippen LogP contribution is -2.58. The Hall–Kier alpha value is -3.20. The van der Waals surface area contributed by atoms with Gasteiger partial charge in [-0.3, -0.25) is 14.4 Å². The monoisotopic (exact) mass is 618 g/mol. The number of fused-ring (bicyclic) bond motifs is 1. The van der Waals surface area contributed by atoms with E-state index in [1.54, 1.807) is 29.2 Å². The van der Waals surface area contributed by atoms with Crippen LogP contribution in [0.15, 0.2) is 66.7 Å². The molecule has 3 heterocycles. The lowest BCUT2D eigenvalue weighted by Gasteiger charge is -2.38. The van der Waals surface area contributed by atoms with Crippen LogP contribution in [0.3, 0.4) is 0 Å². The van der Waals surface area contributed by atoms with Crippen molar-refractivity contribution in [2.75, 3.05) is 25.5 Å². The van der Waals surface area contributed by atoms with Crippen LogP contribution in [0.1, 0.15) is 45.1 Å². The first-order valence-corrected chi connectivity index (χ1v) is 16.3. The highest BCUT2D eigenvalue weighted by Gasteiger charge is 2.72. The highest BCUT2D eigenvalue weighted by atomic mass is 35.5. The number of halogens is 1. The fraction of sp³-hybridized carbons (Fsp3) is 0.514. The van der Waals surface area contributed by atoms with Crippen LogP contribution in [-0.2, 0) is 25.7 Å². The molecule has 8 nitrogen and oxygen atoms in total. The standard InChI is InChI=1S/C35H43ClN4O4/c1-22-10-7-15-27(23(22)2)38-33(42)31-35-17-16-28(44-35)29(32(41)37-26-14-8-13-25(36)20-26)30(35)34(43)40(31)19-9-18-39(3)21-24-11-5-4-6-12-24/h4-6,8,11-14,16-17,20,22-23,27-31H,7,9-10,15,18-19,21H2,1-3H3,(H,37,41)(H,38,42)/t22?,23?,27?,28-,29?,30-,31?,35?/m0/s1. The Morgan fingerprint density at radius 2 is 1.89 bits per heavy atom. The SMILES string of the molecule is CC1CCCC(NC(=O)C2N(CCCN(C)Cc3ccccc3)C(=O)[C@@H]3C(C(=O)Nc4cccc(Cl)c4)[C@@H]4C=CC23O4)C1C. The van der Waals surface area contributed by atoms with Crippen LogP contribution in [0.5, 0.6) is 0 Å². The van der Waals surface area contributed by atoms with Crippen molar-refractivity contribution in [3.8, 4) is 0 Å². The summed E-state index contributed by atoms with van der Waals surface area (Å²) < 4.78 is 6.53. The van der Waals surface area contributed by atoms with E-state index in [1.165, 1.54) is 5.56 Å².